The number of halogens is 3. The number of rotatable bonds is 5. The molecule has 1 aromatic carbocycles. The molecule has 2 aliphatic rings. The molecule has 1 aliphatic heterocycles. The van der Waals surface area contributed by atoms with Crippen molar-refractivity contribution in [3.8, 4) is 17.0 Å². The molecule has 2 unspecified atom stereocenters. The fourth-order valence-electron chi connectivity index (χ4n) is 5.01. The van der Waals surface area contributed by atoms with Crippen LogP contribution in [-0.2, 0) is 6.42 Å². The number of hydrogen-bond acceptors (Lipinski definition) is 7. The van der Waals surface area contributed by atoms with Crippen molar-refractivity contribution in [3.63, 3.8) is 0 Å². The standard InChI is InChI=1S/C26H26F3N5O3/c1-37-20-9-6-15(27)21(22(20)29)24-16(28)5-7-17(32-24)26(36)33-18-11-31-23-14(4-8-19(23)35)25(18)34-10-2-3-13(30)12-34/h5-7,9,11,13,19,35H,2-4,8,10,12,30H2,1H3,(H,33,36). The summed E-state index contributed by atoms with van der Waals surface area (Å²) in [6.45, 7) is 1.29. The van der Waals surface area contributed by atoms with Gasteiger partial charge >= 0.3 is 0 Å². The van der Waals surface area contributed by atoms with E-state index in [0.29, 0.717) is 30.8 Å². The van der Waals surface area contributed by atoms with Crippen molar-refractivity contribution >= 4 is 17.3 Å². The molecule has 194 valence electrons. The molecule has 5 rings (SSSR count). The van der Waals surface area contributed by atoms with E-state index in [1.807, 2.05) is 0 Å². The third-order valence-corrected chi connectivity index (χ3v) is 6.78. The van der Waals surface area contributed by atoms with Gasteiger partial charge in [-0.15, -0.1) is 0 Å². The van der Waals surface area contributed by atoms with Crippen molar-refractivity contribution in [3.05, 3.63) is 64.9 Å². The number of piperidine rings is 1. The summed E-state index contributed by atoms with van der Waals surface area (Å²) in [7, 11) is 1.20. The highest BCUT2D eigenvalue weighted by Gasteiger charge is 2.31. The number of carbonyl (C=O) groups excluding carboxylic acids is 1. The van der Waals surface area contributed by atoms with E-state index in [-0.39, 0.29) is 17.5 Å². The molecule has 1 saturated heterocycles. The van der Waals surface area contributed by atoms with Crippen LogP contribution in [0.2, 0.25) is 0 Å². The summed E-state index contributed by atoms with van der Waals surface area (Å²) in [5, 5.41) is 13.1. The second-order valence-electron chi connectivity index (χ2n) is 9.21. The topological polar surface area (TPSA) is 114 Å². The Morgan fingerprint density at radius 1 is 1.19 bits per heavy atom. The summed E-state index contributed by atoms with van der Waals surface area (Å²) in [6.07, 6.45) is 3.63. The van der Waals surface area contributed by atoms with Crippen molar-refractivity contribution < 1.29 is 27.8 Å². The van der Waals surface area contributed by atoms with Gasteiger partial charge in [-0.2, -0.15) is 0 Å². The maximum Gasteiger partial charge on any atom is 0.274 e. The number of nitrogens with two attached hydrogens (primary N) is 1. The van der Waals surface area contributed by atoms with Gasteiger partial charge in [0.15, 0.2) is 11.6 Å². The van der Waals surface area contributed by atoms with E-state index in [2.05, 4.69) is 20.2 Å². The third kappa shape index (κ3) is 4.60. The Hall–Kier alpha value is -3.70. The maximum atomic E-state index is 14.8. The van der Waals surface area contributed by atoms with E-state index >= 15 is 0 Å². The number of aliphatic hydroxyl groups excluding tert-OH is 1. The second kappa shape index (κ2) is 9.98. The number of aliphatic hydroxyl groups is 1. The minimum absolute atomic E-state index is 0.0403. The van der Waals surface area contributed by atoms with Crippen LogP contribution in [-0.4, -0.2) is 47.2 Å². The van der Waals surface area contributed by atoms with Crippen LogP contribution in [0.4, 0.5) is 24.5 Å². The Labute approximate surface area is 211 Å². The average Bonchev–Trinajstić information content (AvgIpc) is 3.25. The van der Waals surface area contributed by atoms with E-state index in [4.69, 9.17) is 10.5 Å². The first-order valence-electron chi connectivity index (χ1n) is 12.0. The van der Waals surface area contributed by atoms with E-state index in [1.165, 1.54) is 13.3 Å². The lowest BCUT2D eigenvalue weighted by Crippen LogP contribution is -2.43. The van der Waals surface area contributed by atoms with Gasteiger partial charge in [-0.05, 0) is 49.9 Å². The number of nitrogens with one attached hydrogen (secondary N) is 1. The van der Waals surface area contributed by atoms with E-state index in [1.54, 1.807) is 0 Å². The predicted molar refractivity (Wildman–Crippen MR) is 131 cm³/mol. The van der Waals surface area contributed by atoms with Crippen molar-refractivity contribution in [2.24, 2.45) is 5.73 Å². The number of nitrogens with zero attached hydrogens (tertiary/aromatic N) is 3. The highest BCUT2D eigenvalue weighted by molar-refractivity contribution is 6.05. The lowest BCUT2D eigenvalue weighted by atomic mass is 10.0. The molecule has 37 heavy (non-hydrogen) atoms. The Morgan fingerprint density at radius 3 is 2.73 bits per heavy atom. The van der Waals surface area contributed by atoms with Gasteiger partial charge in [-0.3, -0.25) is 9.78 Å². The molecular formula is C26H26F3N5O3. The number of ether oxygens (including phenoxy) is 1. The molecular weight excluding hydrogens is 487 g/mol. The largest absolute Gasteiger partial charge is 0.494 e. The van der Waals surface area contributed by atoms with Crippen LogP contribution >= 0.6 is 0 Å². The number of hydrogen-bond donors (Lipinski definition) is 3. The lowest BCUT2D eigenvalue weighted by molar-refractivity contribution is 0.102. The highest BCUT2D eigenvalue weighted by atomic mass is 19.1. The smallest absolute Gasteiger partial charge is 0.274 e. The van der Waals surface area contributed by atoms with Gasteiger partial charge in [-0.1, -0.05) is 0 Å². The van der Waals surface area contributed by atoms with Crippen LogP contribution in [0.5, 0.6) is 5.75 Å². The molecule has 1 aliphatic carbocycles. The van der Waals surface area contributed by atoms with Crippen molar-refractivity contribution in [1.82, 2.24) is 9.97 Å². The number of anilines is 2. The molecule has 0 saturated carbocycles. The van der Waals surface area contributed by atoms with Crippen molar-refractivity contribution in [2.75, 3.05) is 30.4 Å². The van der Waals surface area contributed by atoms with Gasteiger partial charge in [-0.25, -0.2) is 18.2 Å². The quantitative estimate of drug-likeness (QED) is 0.477. The molecule has 0 bridgehead atoms. The zero-order valence-corrected chi connectivity index (χ0v) is 20.1. The Balaban J connectivity index is 1.52. The molecule has 0 spiro atoms. The molecule has 0 radical (unpaired) electrons. The molecule has 1 fully saturated rings. The summed E-state index contributed by atoms with van der Waals surface area (Å²) in [5.74, 6) is -4.18. The number of fused-ring (bicyclic) bond motifs is 1. The van der Waals surface area contributed by atoms with Crippen LogP contribution in [0, 0.1) is 17.5 Å². The van der Waals surface area contributed by atoms with Gasteiger partial charge < -0.3 is 25.8 Å². The highest BCUT2D eigenvalue weighted by Crippen LogP contribution is 2.41. The molecule has 4 N–H and O–H groups in total. The monoisotopic (exact) mass is 513 g/mol. The Bertz CT molecular complexity index is 1370. The van der Waals surface area contributed by atoms with Gasteiger partial charge in [0, 0.05) is 24.7 Å². The third-order valence-electron chi connectivity index (χ3n) is 6.78. The van der Waals surface area contributed by atoms with Crippen molar-refractivity contribution in [2.45, 2.75) is 37.8 Å². The number of benzene rings is 1. The Kier molecular flexibility index (Phi) is 6.74. The van der Waals surface area contributed by atoms with Crippen molar-refractivity contribution in [1.29, 1.82) is 0 Å². The van der Waals surface area contributed by atoms with Gasteiger partial charge in [0.05, 0.1) is 42.0 Å². The van der Waals surface area contributed by atoms with Crippen LogP contribution in [0.25, 0.3) is 11.3 Å². The molecule has 2 aromatic heterocycles. The van der Waals surface area contributed by atoms with Gasteiger partial charge in [0.1, 0.15) is 23.0 Å². The first kappa shape index (κ1) is 25.0. The summed E-state index contributed by atoms with van der Waals surface area (Å²) < 4.78 is 48.8. The Morgan fingerprint density at radius 2 is 1.97 bits per heavy atom. The van der Waals surface area contributed by atoms with E-state index < -0.39 is 40.7 Å². The number of aromatic nitrogens is 2. The second-order valence-corrected chi connectivity index (χ2v) is 9.21. The van der Waals surface area contributed by atoms with Crippen LogP contribution in [0.15, 0.2) is 30.5 Å². The normalized spacial score (nSPS) is 19.0. The first-order chi connectivity index (χ1) is 17.8. The number of methoxy groups -OCH3 is 1. The summed E-state index contributed by atoms with van der Waals surface area (Å²) in [5.41, 5.74) is 7.09. The number of pyridine rings is 2. The molecule has 1 amide bonds. The number of carbonyl (C=O) groups is 1. The zero-order valence-electron chi connectivity index (χ0n) is 20.1. The van der Waals surface area contributed by atoms with Gasteiger partial charge in [0.25, 0.3) is 5.91 Å². The van der Waals surface area contributed by atoms with E-state index in [0.717, 1.165) is 54.9 Å². The fraction of sp³-hybridized carbons (Fsp3) is 0.346. The molecule has 2 atom stereocenters. The first-order valence-corrected chi connectivity index (χ1v) is 12.0. The molecule has 8 nitrogen and oxygen atoms in total. The summed E-state index contributed by atoms with van der Waals surface area (Å²) in [6, 6.07) is 4.03. The molecule has 3 aromatic rings. The van der Waals surface area contributed by atoms with Crippen LogP contribution in [0.1, 0.15) is 47.1 Å². The average molecular weight is 514 g/mol. The maximum absolute atomic E-state index is 14.8. The summed E-state index contributed by atoms with van der Waals surface area (Å²) >= 11 is 0. The minimum Gasteiger partial charge on any atom is -0.494 e. The molecule has 11 heteroatoms. The zero-order chi connectivity index (χ0) is 26.3. The fourth-order valence-corrected chi connectivity index (χ4v) is 5.01. The SMILES string of the molecule is COc1ccc(F)c(-c2nc(C(=O)Nc3cnc4c(c3N3CCCC(N)C3)CCC4O)ccc2F)c1F. The van der Waals surface area contributed by atoms with Gasteiger partial charge in [0.2, 0.25) is 0 Å². The van der Waals surface area contributed by atoms with E-state index in [9.17, 15) is 23.1 Å². The number of amides is 1. The minimum atomic E-state index is -1.13. The molecule has 3 heterocycles. The lowest BCUT2D eigenvalue weighted by Gasteiger charge is -2.35. The van der Waals surface area contributed by atoms with Crippen LogP contribution in [0.3, 0.4) is 0 Å². The van der Waals surface area contributed by atoms with Crippen LogP contribution < -0.4 is 20.7 Å². The predicted octanol–water partition coefficient (Wildman–Crippen LogP) is 3.73. The summed E-state index contributed by atoms with van der Waals surface area (Å²) in [4.78, 5) is 23.6.